The molecule has 3 N–H and O–H groups in total. The van der Waals surface area contributed by atoms with E-state index in [0.717, 1.165) is 30.8 Å². The summed E-state index contributed by atoms with van der Waals surface area (Å²) >= 11 is 0. The van der Waals surface area contributed by atoms with Gasteiger partial charge in [0.1, 0.15) is 0 Å². The molecule has 0 saturated carbocycles. The number of aliphatic hydroxyl groups excluding tert-OH is 1. The molecule has 1 aliphatic heterocycles. The highest BCUT2D eigenvalue weighted by atomic mass is 16.3. The Morgan fingerprint density at radius 3 is 2.45 bits per heavy atom. The summed E-state index contributed by atoms with van der Waals surface area (Å²) in [6.45, 7) is 8.79. The molecular formula is C16H27N3O. The van der Waals surface area contributed by atoms with Gasteiger partial charge >= 0.3 is 0 Å². The van der Waals surface area contributed by atoms with Crippen LogP contribution in [-0.4, -0.2) is 53.7 Å². The second kappa shape index (κ2) is 6.22. The maximum Gasteiger partial charge on any atom is 0.0916 e. The number of nitrogens with two attached hydrogens (primary N) is 1. The molecule has 4 nitrogen and oxygen atoms in total. The Hall–Kier alpha value is -0.940. The first-order valence-electron chi connectivity index (χ1n) is 7.33. The molecule has 0 radical (unpaired) electrons. The molecule has 0 bridgehead atoms. The number of piperazine rings is 1. The van der Waals surface area contributed by atoms with Gasteiger partial charge in [-0.2, -0.15) is 0 Å². The van der Waals surface area contributed by atoms with Crippen molar-refractivity contribution >= 4 is 0 Å². The molecule has 0 amide bonds. The molecular weight excluding hydrogens is 250 g/mol. The average Bonchev–Trinajstić information content (AvgIpc) is 2.42. The quantitative estimate of drug-likeness (QED) is 0.868. The van der Waals surface area contributed by atoms with Gasteiger partial charge in [-0.25, -0.2) is 0 Å². The van der Waals surface area contributed by atoms with Crippen LogP contribution in [0.25, 0.3) is 0 Å². The summed E-state index contributed by atoms with van der Waals surface area (Å²) in [6.07, 6.45) is -0.430. The highest BCUT2D eigenvalue weighted by Crippen LogP contribution is 2.22. The van der Waals surface area contributed by atoms with E-state index in [1.54, 1.807) is 0 Å². The molecule has 1 aromatic rings. The van der Waals surface area contributed by atoms with Crippen molar-refractivity contribution in [3.63, 3.8) is 0 Å². The lowest BCUT2D eigenvalue weighted by molar-refractivity contribution is 0.0142. The normalized spacial score (nSPS) is 21.9. The van der Waals surface area contributed by atoms with Crippen LogP contribution < -0.4 is 5.73 Å². The second-order valence-corrected chi connectivity index (χ2v) is 6.43. The van der Waals surface area contributed by atoms with E-state index in [2.05, 4.69) is 30.7 Å². The third-order valence-corrected chi connectivity index (χ3v) is 4.43. The molecule has 2 rings (SSSR count). The standard InChI is InChI=1S/C16H27N3O/c1-16(2)12-19(9-8-18(16)3)11-15(20)14-6-4-13(10-17)5-7-14/h4-7,15,20H,8-12,17H2,1-3H3. The fourth-order valence-corrected chi connectivity index (χ4v) is 2.72. The van der Waals surface area contributed by atoms with Crippen LogP contribution in [0.15, 0.2) is 24.3 Å². The zero-order valence-corrected chi connectivity index (χ0v) is 12.8. The maximum atomic E-state index is 10.4. The Morgan fingerprint density at radius 1 is 1.25 bits per heavy atom. The minimum absolute atomic E-state index is 0.168. The van der Waals surface area contributed by atoms with Crippen LogP contribution in [0.5, 0.6) is 0 Å². The number of likely N-dealkylation sites (N-methyl/N-ethyl adjacent to an activating group) is 1. The van der Waals surface area contributed by atoms with Crippen LogP contribution in [0, 0.1) is 0 Å². The molecule has 1 aromatic carbocycles. The zero-order chi connectivity index (χ0) is 14.8. The first-order chi connectivity index (χ1) is 9.42. The van der Waals surface area contributed by atoms with Gasteiger partial charge in [-0.05, 0) is 32.0 Å². The second-order valence-electron chi connectivity index (χ2n) is 6.43. The summed E-state index contributed by atoms with van der Waals surface area (Å²) in [5.41, 5.74) is 7.83. The van der Waals surface area contributed by atoms with Gasteiger partial charge in [-0.15, -0.1) is 0 Å². The molecule has 20 heavy (non-hydrogen) atoms. The summed E-state index contributed by atoms with van der Waals surface area (Å²) in [7, 11) is 2.17. The topological polar surface area (TPSA) is 52.7 Å². The van der Waals surface area contributed by atoms with Crippen LogP contribution in [0.4, 0.5) is 0 Å². The lowest BCUT2D eigenvalue weighted by Gasteiger charge is -2.45. The Balaban J connectivity index is 1.95. The van der Waals surface area contributed by atoms with Gasteiger partial charge in [0.15, 0.2) is 0 Å². The van der Waals surface area contributed by atoms with Crippen LogP contribution >= 0.6 is 0 Å². The highest BCUT2D eigenvalue weighted by molar-refractivity contribution is 5.24. The number of β-amino-alcohol motifs (C(OH)–C–C–N with tert-alkyl or cyclic N) is 1. The molecule has 0 aromatic heterocycles. The Morgan fingerprint density at radius 2 is 1.90 bits per heavy atom. The minimum Gasteiger partial charge on any atom is -0.387 e. The molecule has 1 unspecified atom stereocenters. The van der Waals surface area contributed by atoms with Gasteiger partial charge in [-0.3, -0.25) is 9.80 Å². The molecule has 4 heteroatoms. The van der Waals surface area contributed by atoms with Crippen molar-refractivity contribution in [2.24, 2.45) is 5.73 Å². The molecule has 1 aliphatic rings. The van der Waals surface area contributed by atoms with E-state index in [-0.39, 0.29) is 5.54 Å². The fourth-order valence-electron chi connectivity index (χ4n) is 2.72. The van der Waals surface area contributed by atoms with Gasteiger partial charge < -0.3 is 10.8 Å². The van der Waals surface area contributed by atoms with Crippen LogP contribution in [0.3, 0.4) is 0 Å². The van der Waals surface area contributed by atoms with E-state index in [0.29, 0.717) is 13.1 Å². The van der Waals surface area contributed by atoms with Crippen LogP contribution in [-0.2, 0) is 6.54 Å². The fraction of sp³-hybridized carbons (Fsp3) is 0.625. The van der Waals surface area contributed by atoms with Gasteiger partial charge in [-0.1, -0.05) is 24.3 Å². The Kier molecular flexibility index (Phi) is 4.81. The zero-order valence-electron chi connectivity index (χ0n) is 12.8. The third-order valence-electron chi connectivity index (χ3n) is 4.43. The summed E-state index contributed by atoms with van der Waals surface area (Å²) < 4.78 is 0. The van der Waals surface area contributed by atoms with Gasteiger partial charge in [0.2, 0.25) is 0 Å². The molecule has 112 valence electrons. The number of hydrogen-bond donors (Lipinski definition) is 2. The molecule has 1 fully saturated rings. The van der Waals surface area contributed by atoms with E-state index in [9.17, 15) is 5.11 Å². The lowest BCUT2D eigenvalue weighted by Crippen LogP contribution is -2.58. The van der Waals surface area contributed by atoms with E-state index < -0.39 is 6.10 Å². The molecule has 0 aliphatic carbocycles. The molecule has 1 atom stereocenters. The Labute approximate surface area is 122 Å². The van der Waals surface area contributed by atoms with Crippen molar-refractivity contribution in [1.29, 1.82) is 0 Å². The summed E-state index contributed by atoms with van der Waals surface area (Å²) in [5, 5.41) is 10.4. The van der Waals surface area contributed by atoms with Gasteiger partial charge in [0.25, 0.3) is 0 Å². The molecule has 1 heterocycles. The van der Waals surface area contributed by atoms with Crippen LogP contribution in [0.1, 0.15) is 31.1 Å². The van der Waals surface area contributed by atoms with Crippen LogP contribution in [0.2, 0.25) is 0 Å². The maximum absolute atomic E-state index is 10.4. The number of nitrogens with zero attached hydrogens (tertiary/aromatic N) is 2. The largest absolute Gasteiger partial charge is 0.387 e. The number of benzene rings is 1. The van der Waals surface area contributed by atoms with E-state index in [4.69, 9.17) is 5.73 Å². The first-order valence-corrected chi connectivity index (χ1v) is 7.33. The van der Waals surface area contributed by atoms with Crippen molar-refractivity contribution in [2.45, 2.75) is 32.0 Å². The number of hydrogen-bond acceptors (Lipinski definition) is 4. The smallest absolute Gasteiger partial charge is 0.0916 e. The highest BCUT2D eigenvalue weighted by Gasteiger charge is 2.31. The predicted molar refractivity (Wildman–Crippen MR) is 82.4 cm³/mol. The molecule has 0 spiro atoms. The molecule has 1 saturated heterocycles. The van der Waals surface area contributed by atoms with Gasteiger partial charge in [0.05, 0.1) is 6.10 Å². The van der Waals surface area contributed by atoms with Crippen molar-refractivity contribution in [3.05, 3.63) is 35.4 Å². The summed E-state index contributed by atoms with van der Waals surface area (Å²) in [4.78, 5) is 4.73. The van der Waals surface area contributed by atoms with Crippen molar-refractivity contribution in [3.8, 4) is 0 Å². The van der Waals surface area contributed by atoms with E-state index in [1.807, 2.05) is 24.3 Å². The van der Waals surface area contributed by atoms with Gasteiger partial charge in [0, 0.05) is 38.3 Å². The number of aliphatic hydroxyl groups is 1. The van der Waals surface area contributed by atoms with Crippen molar-refractivity contribution in [2.75, 3.05) is 33.2 Å². The summed E-state index contributed by atoms with van der Waals surface area (Å²) in [5.74, 6) is 0. The monoisotopic (exact) mass is 277 g/mol. The number of rotatable bonds is 4. The SMILES string of the molecule is CN1CCN(CC(O)c2ccc(CN)cc2)CC1(C)C. The average molecular weight is 277 g/mol. The van der Waals surface area contributed by atoms with E-state index in [1.165, 1.54) is 0 Å². The van der Waals surface area contributed by atoms with E-state index >= 15 is 0 Å². The minimum atomic E-state index is -0.430. The first kappa shape index (κ1) is 15.4. The predicted octanol–water partition coefficient (Wildman–Crippen LogP) is 1.20. The third kappa shape index (κ3) is 3.58. The van der Waals surface area contributed by atoms with Crippen molar-refractivity contribution in [1.82, 2.24) is 9.80 Å². The summed E-state index contributed by atoms with van der Waals surface area (Å²) in [6, 6.07) is 7.95. The Bertz CT molecular complexity index is 430. The lowest BCUT2D eigenvalue weighted by atomic mass is 9.98. The van der Waals surface area contributed by atoms with Crippen molar-refractivity contribution < 1.29 is 5.11 Å².